The number of carbonyl (C=O) groups is 1. The summed E-state index contributed by atoms with van der Waals surface area (Å²) in [5, 5.41) is 7.10. The van der Waals surface area contributed by atoms with Crippen LogP contribution in [0.5, 0.6) is 0 Å². The van der Waals surface area contributed by atoms with Crippen molar-refractivity contribution in [1.82, 2.24) is 19.7 Å². The van der Waals surface area contributed by atoms with E-state index < -0.39 is 11.8 Å². The number of anilines is 1. The number of nitrogens with one attached hydrogen (secondary N) is 1. The predicted molar refractivity (Wildman–Crippen MR) is 67.8 cm³/mol. The minimum atomic E-state index is -0.586. The molecule has 2 unspecified atom stereocenters. The van der Waals surface area contributed by atoms with Gasteiger partial charge in [0.1, 0.15) is 12.2 Å². The van der Waals surface area contributed by atoms with Gasteiger partial charge in [0.05, 0.1) is 6.04 Å². The molecule has 19 heavy (non-hydrogen) atoms. The molecule has 1 aliphatic rings. The van der Waals surface area contributed by atoms with Crippen molar-refractivity contribution in [2.75, 3.05) is 5.32 Å². The van der Waals surface area contributed by atoms with E-state index in [4.69, 9.17) is 5.73 Å². The van der Waals surface area contributed by atoms with Gasteiger partial charge >= 0.3 is 0 Å². The lowest BCUT2D eigenvalue weighted by molar-refractivity contribution is -0.121. The highest BCUT2D eigenvalue weighted by molar-refractivity contribution is 5.82. The molecule has 3 heterocycles. The maximum Gasteiger partial charge on any atom is 0.229 e. The lowest BCUT2D eigenvalue weighted by atomic mass is 9.89. The number of hydrogen-bond donors (Lipinski definition) is 2. The lowest BCUT2D eigenvalue weighted by Crippen LogP contribution is -2.40. The minimum Gasteiger partial charge on any atom is -0.369 e. The zero-order valence-electron chi connectivity index (χ0n) is 10.0. The molecule has 7 nitrogen and oxygen atoms in total. The Morgan fingerprint density at radius 2 is 2.16 bits per heavy atom. The van der Waals surface area contributed by atoms with E-state index in [9.17, 15) is 4.79 Å². The monoisotopic (exact) mass is 256 g/mol. The highest BCUT2D eigenvalue weighted by Gasteiger charge is 2.38. The zero-order chi connectivity index (χ0) is 13.4. The zero-order valence-corrected chi connectivity index (χ0v) is 10.0. The van der Waals surface area contributed by atoms with Gasteiger partial charge in [-0.3, -0.25) is 9.78 Å². The van der Waals surface area contributed by atoms with Gasteiger partial charge in [-0.15, -0.1) is 0 Å². The molecule has 0 saturated carbocycles. The van der Waals surface area contributed by atoms with E-state index in [0.29, 0.717) is 11.6 Å². The molecule has 0 spiro atoms. The van der Waals surface area contributed by atoms with E-state index in [0.717, 1.165) is 5.56 Å². The SMILES string of the molecule is C=C1Nc2ncnn2C(c2ccncc2)C1C(N)=O. The first-order chi connectivity index (χ1) is 9.18. The molecule has 2 aromatic rings. The molecule has 3 rings (SSSR count). The number of hydrogen-bond acceptors (Lipinski definition) is 5. The molecular weight excluding hydrogens is 244 g/mol. The van der Waals surface area contributed by atoms with Gasteiger partial charge in [0.2, 0.25) is 11.9 Å². The Labute approximate surface area is 109 Å². The van der Waals surface area contributed by atoms with Gasteiger partial charge in [-0.05, 0) is 17.7 Å². The largest absolute Gasteiger partial charge is 0.369 e. The molecule has 7 heteroatoms. The topological polar surface area (TPSA) is 98.7 Å². The van der Waals surface area contributed by atoms with Crippen LogP contribution in [0.25, 0.3) is 0 Å². The first-order valence-corrected chi connectivity index (χ1v) is 5.73. The molecule has 96 valence electrons. The van der Waals surface area contributed by atoms with Crippen LogP contribution in [0.3, 0.4) is 0 Å². The van der Waals surface area contributed by atoms with Gasteiger partial charge in [0.25, 0.3) is 0 Å². The number of carbonyl (C=O) groups excluding carboxylic acids is 1. The van der Waals surface area contributed by atoms with Crippen LogP contribution in [-0.2, 0) is 4.79 Å². The molecule has 0 aliphatic carbocycles. The van der Waals surface area contributed by atoms with Crippen LogP contribution in [0.4, 0.5) is 5.95 Å². The second-order valence-electron chi connectivity index (χ2n) is 4.28. The van der Waals surface area contributed by atoms with Gasteiger partial charge in [-0.25, -0.2) is 4.68 Å². The quantitative estimate of drug-likeness (QED) is 0.805. The van der Waals surface area contributed by atoms with Gasteiger partial charge in [0, 0.05) is 18.1 Å². The molecule has 0 saturated heterocycles. The lowest BCUT2D eigenvalue weighted by Gasteiger charge is -2.32. The molecule has 0 bridgehead atoms. The summed E-state index contributed by atoms with van der Waals surface area (Å²) in [4.78, 5) is 19.8. The number of nitrogens with zero attached hydrogens (tertiary/aromatic N) is 4. The summed E-state index contributed by atoms with van der Waals surface area (Å²) in [5.41, 5.74) is 6.90. The fourth-order valence-electron chi connectivity index (χ4n) is 2.32. The molecule has 2 atom stereocenters. The third-order valence-electron chi connectivity index (χ3n) is 3.15. The summed E-state index contributed by atoms with van der Waals surface area (Å²) in [6, 6.07) is 3.29. The normalized spacial score (nSPS) is 21.6. The fourth-order valence-corrected chi connectivity index (χ4v) is 2.32. The summed E-state index contributed by atoms with van der Waals surface area (Å²) in [6.07, 6.45) is 4.75. The molecular formula is C12H12N6O. The summed E-state index contributed by atoms with van der Waals surface area (Å²) < 4.78 is 1.64. The van der Waals surface area contributed by atoms with Crippen molar-refractivity contribution in [3.05, 3.63) is 48.7 Å². The Kier molecular flexibility index (Phi) is 2.52. The standard InChI is InChI=1S/C12H12N6O/c1-7-9(11(13)19)10(8-2-4-14-5-3-8)18-12(17-7)15-6-16-18/h2-6,9-10H,1H2,(H2,13,19)(H,15,16,17). The molecule has 0 fully saturated rings. The van der Waals surface area contributed by atoms with E-state index >= 15 is 0 Å². The van der Waals surface area contributed by atoms with Crippen LogP contribution in [-0.4, -0.2) is 25.7 Å². The molecule has 0 aromatic carbocycles. The Bertz CT molecular complexity index is 635. The average molecular weight is 256 g/mol. The first-order valence-electron chi connectivity index (χ1n) is 5.73. The number of aromatic nitrogens is 4. The highest BCUT2D eigenvalue weighted by atomic mass is 16.1. The van der Waals surface area contributed by atoms with Crippen molar-refractivity contribution in [3.63, 3.8) is 0 Å². The highest BCUT2D eigenvalue weighted by Crippen LogP contribution is 2.36. The third-order valence-corrected chi connectivity index (χ3v) is 3.15. The molecule has 3 N–H and O–H groups in total. The van der Waals surface area contributed by atoms with Crippen molar-refractivity contribution in [2.45, 2.75) is 6.04 Å². The summed E-state index contributed by atoms with van der Waals surface area (Å²) >= 11 is 0. The predicted octanol–water partition coefficient (Wildman–Crippen LogP) is 0.303. The number of amides is 1. The summed E-state index contributed by atoms with van der Waals surface area (Å²) in [7, 11) is 0. The van der Waals surface area contributed by atoms with E-state index in [2.05, 4.69) is 27.0 Å². The van der Waals surface area contributed by atoms with E-state index in [-0.39, 0.29) is 6.04 Å². The van der Waals surface area contributed by atoms with Crippen molar-refractivity contribution in [2.24, 2.45) is 11.7 Å². The Hall–Kier alpha value is -2.70. The Morgan fingerprint density at radius 3 is 2.84 bits per heavy atom. The summed E-state index contributed by atoms with van der Waals surface area (Å²) in [5.74, 6) is -0.499. The van der Waals surface area contributed by atoms with Gasteiger partial charge in [0.15, 0.2) is 0 Å². The second-order valence-corrected chi connectivity index (χ2v) is 4.28. The molecule has 1 aliphatic heterocycles. The van der Waals surface area contributed by atoms with E-state index in [1.807, 2.05) is 12.1 Å². The fraction of sp³-hybridized carbons (Fsp3) is 0.167. The van der Waals surface area contributed by atoms with Crippen LogP contribution >= 0.6 is 0 Å². The van der Waals surface area contributed by atoms with Crippen LogP contribution in [0, 0.1) is 5.92 Å². The smallest absolute Gasteiger partial charge is 0.229 e. The minimum absolute atomic E-state index is 0.355. The van der Waals surface area contributed by atoms with E-state index in [1.165, 1.54) is 6.33 Å². The maximum absolute atomic E-state index is 11.7. The summed E-state index contributed by atoms with van der Waals surface area (Å²) in [6.45, 7) is 3.86. The third kappa shape index (κ3) is 1.75. The van der Waals surface area contributed by atoms with Crippen molar-refractivity contribution in [1.29, 1.82) is 0 Å². The van der Waals surface area contributed by atoms with E-state index in [1.54, 1.807) is 17.1 Å². The van der Waals surface area contributed by atoms with Crippen molar-refractivity contribution < 1.29 is 4.79 Å². The average Bonchev–Trinajstić information content (AvgIpc) is 2.85. The molecule has 0 radical (unpaired) electrons. The molecule has 2 aromatic heterocycles. The number of nitrogens with two attached hydrogens (primary N) is 1. The Morgan fingerprint density at radius 1 is 1.42 bits per heavy atom. The van der Waals surface area contributed by atoms with Crippen molar-refractivity contribution >= 4 is 11.9 Å². The Balaban J connectivity index is 2.17. The van der Waals surface area contributed by atoms with Gasteiger partial charge in [-0.2, -0.15) is 10.1 Å². The number of rotatable bonds is 2. The van der Waals surface area contributed by atoms with Gasteiger partial charge in [-0.1, -0.05) is 6.58 Å². The van der Waals surface area contributed by atoms with Crippen LogP contribution in [0.2, 0.25) is 0 Å². The number of pyridine rings is 1. The first kappa shape index (κ1) is 11.4. The second kappa shape index (κ2) is 4.20. The molecule has 1 amide bonds. The number of fused-ring (bicyclic) bond motifs is 1. The van der Waals surface area contributed by atoms with Crippen LogP contribution in [0.1, 0.15) is 11.6 Å². The van der Waals surface area contributed by atoms with Gasteiger partial charge < -0.3 is 11.1 Å². The maximum atomic E-state index is 11.7. The number of primary amides is 1. The van der Waals surface area contributed by atoms with Crippen LogP contribution in [0.15, 0.2) is 43.1 Å². The van der Waals surface area contributed by atoms with Crippen molar-refractivity contribution in [3.8, 4) is 0 Å². The van der Waals surface area contributed by atoms with Crippen LogP contribution < -0.4 is 11.1 Å².